The largest absolute Gasteiger partial charge is 0.507 e. The SMILES string of the molecule is COc1ccc(C2/C(=C(\O)c3cc(C(C)C)c(OC)cc3C)C(=O)C(=O)N2Cc2ccncc2)cc1. The Morgan fingerprint density at radius 1 is 1.03 bits per heavy atom. The van der Waals surface area contributed by atoms with Crippen LogP contribution in [-0.2, 0) is 16.1 Å². The number of aliphatic hydroxyl groups excluding tert-OH is 1. The Morgan fingerprint density at radius 2 is 1.69 bits per heavy atom. The van der Waals surface area contributed by atoms with Gasteiger partial charge in [0, 0.05) is 24.5 Å². The quantitative estimate of drug-likeness (QED) is 0.282. The Kier molecular flexibility index (Phi) is 7.10. The maximum atomic E-state index is 13.4. The fraction of sp³-hybridized carbons (Fsp3) is 0.276. The van der Waals surface area contributed by atoms with Crippen LogP contribution in [0.5, 0.6) is 11.5 Å². The number of Topliss-reactive ketones (excluding diaryl/α,β-unsaturated/α-hetero) is 1. The van der Waals surface area contributed by atoms with Gasteiger partial charge in [0.25, 0.3) is 11.7 Å². The molecular formula is C29H30N2O5. The summed E-state index contributed by atoms with van der Waals surface area (Å²) in [5.74, 6) is -0.0959. The highest BCUT2D eigenvalue weighted by Gasteiger charge is 2.46. The fourth-order valence-corrected chi connectivity index (χ4v) is 4.59. The molecule has 1 aliphatic heterocycles. The van der Waals surface area contributed by atoms with Crippen molar-refractivity contribution < 1.29 is 24.2 Å². The molecule has 1 atom stereocenters. The lowest BCUT2D eigenvalue weighted by Gasteiger charge is -2.26. The van der Waals surface area contributed by atoms with Gasteiger partial charge in [-0.2, -0.15) is 0 Å². The highest BCUT2D eigenvalue weighted by atomic mass is 16.5. The van der Waals surface area contributed by atoms with Gasteiger partial charge in [0.15, 0.2) is 0 Å². The van der Waals surface area contributed by atoms with Gasteiger partial charge in [0.2, 0.25) is 0 Å². The first kappa shape index (κ1) is 25.0. The molecule has 1 amide bonds. The van der Waals surface area contributed by atoms with Gasteiger partial charge in [-0.25, -0.2) is 0 Å². The van der Waals surface area contributed by atoms with Gasteiger partial charge in [0.05, 0.1) is 25.8 Å². The Hall–Kier alpha value is -4.13. The predicted molar refractivity (Wildman–Crippen MR) is 137 cm³/mol. The number of ether oxygens (including phenoxy) is 2. The Bertz CT molecular complexity index is 1310. The van der Waals surface area contributed by atoms with Crippen molar-refractivity contribution in [1.82, 2.24) is 9.88 Å². The summed E-state index contributed by atoms with van der Waals surface area (Å²) in [7, 11) is 3.18. The number of hydrogen-bond acceptors (Lipinski definition) is 6. The molecule has 0 spiro atoms. The lowest BCUT2D eigenvalue weighted by atomic mass is 9.91. The van der Waals surface area contributed by atoms with Crippen LogP contribution < -0.4 is 9.47 Å². The first-order valence-corrected chi connectivity index (χ1v) is 11.8. The Morgan fingerprint density at radius 3 is 2.28 bits per heavy atom. The van der Waals surface area contributed by atoms with Crippen LogP contribution in [0.4, 0.5) is 0 Å². The molecule has 186 valence electrons. The molecule has 1 aromatic heterocycles. The van der Waals surface area contributed by atoms with Crippen molar-refractivity contribution in [2.75, 3.05) is 14.2 Å². The summed E-state index contributed by atoms with van der Waals surface area (Å²) in [5, 5.41) is 11.6. The Labute approximate surface area is 211 Å². The van der Waals surface area contributed by atoms with Crippen molar-refractivity contribution >= 4 is 17.4 Å². The summed E-state index contributed by atoms with van der Waals surface area (Å²) in [6, 6.07) is 13.7. The number of likely N-dealkylation sites (tertiary alicyclic amines) is 1. The van der Waals surface area contributed by atoms with Gasteiger partial charge < -0.3 is 19.5 Å². The van der Waals surface area contributed by atoms with Gasteiger partial charge in [-0.1, -0.05) is 26.0 Å². The van der Waals surface area contributed by atoms with Crippen LogP contribution in [0, 0.1) is 6.92 Å². The van der Waals surface area contributed by atoms with E-state index in [1.807, 2.05) is 45.0 Å². The molecule has 0 saturated carbocycles. The van der Waals surface area contributed by atoms with E-state index in [4.69, 9.17) is 9.47 Å². The number of rotatable bonds is 7. The van der Waals surface area contributed by atoms with Crippen LogP contribution in [0.15, 0.2) is 66.5 Å². The number of nitrogens with zero attached hydrogens (tertiary/aromatic N) is 2. The summed E-state index contributed by atoms with van der Waals surface area (Å²) < 4.78 is 10.8. The van der Waals surface area contributed by atoms with E-state index in [1.54, 1.807) is 50.9 Å². The zero-order valence-electron chi connectivity index (χ0n) is 21.1. The number of aliphatic hydroxyl groups is 1. The number of carbonyl (C=O) groups excluding carboxylic acids is 2. The van der Waals surface area contributed by atoms with Crippen molar-refractivity contribution in [3.05, 3.63) is 94.3 Å². The van der Waals surface area contributed by atoms with Gasteiger partial charge in [-0.15, -0.1) is 0 Å². The van der Waals surface area contributed by atoms with E-state index in [9.17, 15) is 14.7 Å². The monoisotopic (exact) mass is 486 g/mol. The molecular weight excluding hydrogens is 456 g/mol. The van der Waals surface area contributed by atoms with Crippen molar-refractivity contribution in [3.63, 3.8) is 0 Å². The van der Waals surface area contributed by atoms with Crippen LogP contribution in [0.3, 0.4) is 0 Å². The van der Waals surface area contributed by atoms with Crippen molar-refractivity contribution in [2.24, 2.45) is 0 Å². The molecule has 0 aliphatic carbocycles. The Balaban J connectivity index is 1.91. The summed E-state index contributed by atoms with van der Waals surface area (Å²) in [5.41, 5.74) is 3.72. The minimum atomic E-state index is -0.770. The van der Waals surface area contributed by atoms with Crippen molar-refractivity contribution in [2.45, 2.75) is 39.3 Å². The molecule has 36 heavy (non-hydrogen) atoms. The number of aryl methyl sites for hydroxylation is 1. The highest BCUT2D eigenvalue weighted by molar-refractivity contribution is 6.46. The van der Waals surface area contributed by atoms with Crippen molar-refractivity contribution in [3.8, 4) is 11.5 Å². The lowest BCUT2D eigenvalue weighted by molar-refractivity contribution is -0.140. The van der Waals surface area contributed by atoms with E-state index in [2.05, 4.69) is 4.98 Å². The van der Waals surface area contributed by atoms with Crippen LogP contribution in [0.25, 0.3) is 5.76 Å². The summed E-state index contributed by atoms with van der Waals surface area (Å²) in [4.78, 5) is 32.2. The number of ketones is 1. The van der Waals surface area contributed by atoms with E-state index >= 15 is 0 Å². The van der Waals surface area contributed by atoms with Crippen LogP contribution in [-0.4, -0.2) is 40.9 Å². The van der Waals surface area contributed by atoms with E-state index in [1.165, 1.54) is 4.90 Å². The summed E-state index contributed by atoms with van der Waals surface area (Å²) in [6.07, 6.45) is 3.28. The second kappa shape index (κ2) is 10.2. The third-order valence-electron chi connectivity index (χ3n) is 6.53. The van der Waals surface area contributed by atoms with E-state index in [0.29, 0.717) is 22.6 Å². The minimum absolute atomic E-state index is 0.0576. The van der Waals surface area contributed by atoms with Crippen LogP contribution in [0.2, 0.25) is 0 Å². The topological polar surface area (TPSA) is 89.0 Å². The second-order valence-electron chi connectivity index (χ2n) is 9.12. The normalized spacial score (nSPS) is 17.1. The minimum Gasteiger partial charge on any atom is -0.507 e. The molecule has 2 aromatic carbocycles. The fourth-order valence-electron chi connectivity index (χ4n) is 4.59. The molecule has 3 aromatic rings. The van der Waals surface area contributed by atoms with Gasteiger partial charge in [-0.3, -0.25) is 14.6 Å². The van der Waals surface area contributed by atoms with Crippen LogP contribution >= 0.6 is 0 Å². The third-order valence-corrected chi connectivity index (χ3v) is 6.53. The highest BCUT2D eigenvalue weighted by Crippen LogP contribution is 2.42. The number of benzene rings is 2. The molecule has 7 heteroatoms. The zero-order valence-corrected chi connectivity index (χ0v) is 21.1. The standard InChI is InChI=1S/C29H30N2O5/c1-17(2)22-15-23(18(3)14-24(22)36-5)27(32)25-26(20-6-8-21(35-4)9-7-20)31(29(34)28(25)33)16-19-10-12-30-13-11-19/h6-15,17,26,32H,16H2,1-5H3/b27-25+. The molecule has 2 heterocycles. The van der Waals surface area contributed by atoms with Crippen molar-refractivity contribution in [1.29, 1.82) is 0 Å². The predicted octanol–water partition coefficient (Wildman–Crippen LogP) is 5.15. The van der Waals surface area contributed by atoms with Gasteiger partial charge in [-0.05, 0) is 71.5 Å². The molecule has 1 saturated heterocycles. The molecule has 0 radical (unpaired) electrons. The molecule has 1 unspecified atom stereocenters. The molecule has 7 nitrogen and oxygen atoms in total. The van der Waals surface area contributed by atoms with Gasteiger partial charge >= 0.3 is 0 Å². The second-order valence-corrected chi connectivity index (χ2v) is 9.12. The van der Waals surface area contributed by atoms with E-state index in [-0.39, 0.29) is 23.8 Å². The number of hydrogen-bond donors (Lipinski definition) is 1. The lowest BCUT2D eigenvalue weighted by Crippen LogP contribution is -2.29. The number of aromatic nitrogens is 1. The van der Waals surface area contributed by atoms with Gasteiger partial charge in [0.1, 0.15) is 17.3 Å². The average Bonchev–Trinajstić information content (AvgIpc) is 3.13. The molecule has 1 fully saturated rings. The van der Waals surface area contributed by atoms with Crippen LogP contribution in [0.1, 0.15) is 53.6 Å². The number of methoxy groups -OCH3 is 2. The number of pyridine rings is 1. The molecule has 1 aliphatic rings. The molecule has 0 bridgehead atoms. The van der Waals surface area contributed by atoms with E-state index < -0.39 is 17.7 Å². The summed E-state index contributed by atoms with van der Waals surface area (Å²) >= 11 is 0. The zero-order chi connectivity index (χ0) is 26.0. The number of amides is 1. The summed E-state index contributed by atoms with van der Waals surface area (Å²) in [6.45, 7) is 6.10. The maximum Gasteiger partial charge on any atom is 0.295 e. The first-order chi connectivity index (χ1) is 17.3. The van der Waals surface area contributed by atoms with E-state index in [0.717, 1.165) is 16.7 Å². The average molecular weight is 487 g/mol. The first-order valence-electron chi connectivity index (χ1n) is 11.8. The molecule has 1 N–H and O–H groups in total. The maximum absolute atomic E-state index is 13.4. The smallest absolute Gasteiger partial charge is 0.295 e. The number of carbonyl (C=O) groups is 2. The molecule has 4 rings (SSSR count). The third kappa shape index (κ3) is 4.56.